The largest absolute Gasteiger partial charge is 0.464 e. The third-order valence-corrected chi connectivity index (χ3v) is 3.54. The maximum Gasteiger partial charge on any atom is 0.359 e. The fraction of sp³-hybridized carbons (Fsp3) is 0.176. The molecular formula is C17H15N2O2Y-. The van der Waals surface area contributed by atoms with Crippen molar-refractivity contribution in [1.82, 2.24) is 9.78 Å². The number of para-hydroxylation sites is 1. The van der Waals surface area contributed by atoms with Crippen molar-refractivity contribution in [3.05, 3.63) is 65.4 Å². The zero-order chi connectivity index (χ0) is 14.8. The first kappa shape index (κ1) is 16.8. The van der Waals surface area contributed by atoms with Gasteiger partial charge in [0.2, 0.25) is 0 Å². The number of esters is 1. The fourth-order valence-electron chi connectivity index (χ4n) is 2.38. The number of benzene rings is 2. The molecule has 1 heterocycles. The molecule has 0 aliphatic carbocycles. The van der Waals surface area contributed by atoms with Crippen LogP contribution in [0, 0.1) is 13.0 Å². The Balaban J connectivity index is 0.00000176. The molecule has 1 radical (unpaired) electrons. The van der Waals surface area contributed by atoms with Crippen molar-refractivity contribution >= 4 is 16.9 Å². The molecule has 0 aliphatic heterocycles. The molecule has 22 heavy (non-hydrogen) atoms. The summed E-state index contributed by atoms with van der Waals surface area (Å²) < 4.78 is 6.65. The van der Waals surface area contributed by atoms with Gasteiger partial charge in [-0.05, 0) is 6.07 Å². The molecule has 1 aromatic heterocycles. The van der Waals surface area contributed by atoms with Crippen molar-refractivity contribution < 1.29 is 42.2 Å². The van der Waals surface area contributed by atoms with Crippen molar-refractivity contribution in [3.63, 3.8) is 0 Å². The normalized spacial score (nSPS) is 10.3. The smallest absolute Gasteiger partial charge is 0.359 e. The zero-order valence-corrected chi connectivity index (χ0v) is 15.4. The molecular weight excluding hydrogens is 353 g/mol. The number of methoxy groups -OCH3 is 1. The topological polar surface area (TPSA) is 44.1 Å². The molecule has 109 valence electrons. The molecule has 0 saturated carbocycles. The third kappa shape index (κ3) is 3.13. The summed E-state index contributed by atoms with van der Waals surface area (Å²) in [6.07, 6.45) is 0. The standard InChI is InChI=1S/C17H15N2O2.Y/c1-12-7-3-4-8-13(12)11-19-15-10-6-5-9-14(15)16(18-19)17(20)21-2;/h4-10H,11H2,1-2H3;/q-1;. The first-order valence-corrected chi connectivity index (χ1v) is 6.70. The number of aromatic nitrogens is 2. The van der Waals surface area contributed by atoms with Crippen LogP contribution in [0.3, 0.4) is 0 Å². The van der Waals surface area contributed by atoms with Crippen LogP contribution >= 0.6 is 0 Å². The van der Waals surface area contributed by atoms with Gasteiger partial charge in [0.1, 0.15) is 0 Å². The van der Waals surface area contributed by atoms with Crippen LogP contribution in [0.5, 0.6) is 0 Å². The second-order valence-corrected chi connectivity index (χ2v) is 4.87. The van der Waals surface area contributed by atoms with Gasteiger partial charge >= 0.3 is 5.97 Å². The van der Waals surface area contributed by atoms with Gasteiger partial charge < -0.3 is 4.74 Å². The third-order valence-electron chi connectivity index (χ3n) is 3.54. The van der Waals surface area contributed by atoms with Crippen molar-refractivity contribution in [2.24, 2.45) is 0 Å². The number of ether oxygens (including phenoxy) is 1. The van der Waals surface area contributed by atoms with Crippen LogP contribution in [0.2, 0.25) is 0 Å². The average molecular weight is 368 g/mol. The van der Waals surface area contributed by atoms with E-state index >= 15 is 0 Å². The molecule has 3 rings (SSSR count). The van der Waals surface area contributed by atoms with Crippen molar-refractivity contribution in [2.45, 2.75) is 13.5 Å². The number of nitrogens with zero attached hydrogens (tertiary/aromatic N) is 2. The number of hydrogen-bond acceptors (Lipinski definition) is 3. The Kier molecular flexibility index (Phi) is 5.49. The Hall–Kier alpha value is -1.52. The van der Waals surface area contributed by atoms with Crippen molar-refractivity contribution in [3.8, 4) is 0 Å². The number of fused-ring (bicyclic) bond motifs is 1. The number of hydrogen-bond donors (Lipinski definition) is 0. The van der Waals surface area contributed by atoms with E-state index in [1.54, 1.807) is 0 Å². The second-order valence-electron chi connectivity index (χ2n) is 4.87. The Bertz CT molecular complexity index is 811. The van der Waals surface area contributed by atoms with Crippen molar-refractivity contribution in [2.75, 3.05) is 7.11 Å². The fourth-order valence-corrected chi connectivity index (χ4v) is 2.38. The van der Waals surface area contributed by atoms with Crippen LogP contribution in [0.1, 0.15) is 21.6 Å². The number of rotatable bonds is 3. The molecule has 0 unspecified atom stereocenters. The molecule has 0 aliphatic rings. The van der Waals surface area contributed by atoms with Gasteiger partial charge in [-0.2, -0.15) is 34.9 Å². The molecule has 5 heteroatoms. The van der Waals surface area contributed by atoms with Crippen LogP contribution in [0.4, 0.5) is 0 Å². The number of carbonyl (C=O) groups excluding carboxylic acids is 1. The minimum absolute atomic E-state index is 0. The molecule has 0 atom stereocenters. The first-order valence-electron chi connectivity index (χ1n) is 6.70. The van der Waals surface area contributed by atoms with Gasteiger partial charge in [-0.15, -0.1) is 5.56 Å². The van der Waals surface area contributed by atoms with E-state index in [0.717, 1.165) is 22.0 Å². The van der Waals surface area contributed by atoms with Crippen LogP contribution < -0.4 is 0 Å². The number of carbonyl (C=O) groups is 1. The molecule has 0 bridgehead atoms. The summed E-state index contributed by atoms with van der Waals surface area (Å²) in [6, 6.07) is 16.6. The van der Waals surface area contributed by atoms with E-state index in [-0.39, 0.29) is 32.7 Å². The SMILES string of the molecule is COC(=O)c1nn(Cc2cc[c-]cc2C)c2ccccc12.[Y]. The minimum atomic E-state index is -0.414. The summed E-state index contributed by atoms with van der Waals surface area (Å²) >= 11 is 0. The van der Waals surface area contributed by atoms with E-state index in [1.807, 2.05) is 54.1 Å². The molecule has 2 aromatic carbocycles. The number of aryl methyl sites for hydroxylation is 1. The Labute approximate surface area is 154 Å². The quantitative estimate of drug-likeness (QED) is 0.528. The predicted molar refractivity (Wildman–Crippen MR) is 80.2 cm³/mol. The van der Waals surface area contributed by atoms with Gasteiger partial charge in [0.05, 0.1) is 12.6 Å². The van der Waals surface area contributed by atoms with Gasteiger partial charge in [0, 0.05) is 44.6 Å². The van der Waals surface area contributed by atoms with E-state index in [1.165, 1.54) is 7.11 Å². The Morgan fingerprint density at radius 1 is 1.32 bits per heavy atom. The maximum atomic E-state index is 11.9. The van der Waals surface area contributed by atoms with E-state index in [0.29, 0.717) is 12.2 Å². The summed E-state index contributed by atoms with van der Waals surface area (Å²) in [5.74, 6) is -0.414. The monoisotopic (exact) mass is 368 g/mol. The van der Waals surface area contributed by atoms with E-state index in [2.05, 4.69) is 11.2 Å². The van der Waals surface area contributed by atoms with Crippen LogP contribution in [0.25, 0.3) is 10.9 Å². The molecule has 0 amide bonds. The van der Waals surface area contributed by atoms with Gasteiger partial charge in [-0.1, -0.05) is 25.1 Å². The summed E-state index contributed by atoms with van der Waals surface area (Å²) in [5, 5.41) is 5.24. The average Bonchev–Trinajstić information content (AvgIpc) is 2.88. The van der Waals surface area contributed by atoms with Crippen molar-refractivity contribution in [1.29, 1.82) is 0 Å². The second kappa shape index (κ2) is 7.16. The molecule has 4 nitrogen and oxygen atoms in total. The Morgan fingerprint density at radius 3 is 2.82 bits per heavy atom. The van der Waals surface area contributed by atoms with E-state index in [4.69, 9.17) is 4.74 Å². The van der Waals surface area contributed by atoms with Crippen LogP contribution in [-0.4, -0.2) is 22.9 Å². The molecule has 0 saturated heterocycles. The van der Waals surface area contributed by atoms with E-state index < -0.39 is 5.97 Å². The first-order chi connectivity index (χ1) is 10.2. The summed E-state index contributed by atoms with van der Waals surface area (Å²) in [4.78, 5) is 11.9. The molecule has 0 N–H and O–H groups in total. The predicted octanol–water partition coefficient (Wildman–Crippen LogP) is 2.98. The van der Waals surface area contributed by atoms with Crippen LogP contribution in [-0.2, 0) is 44.0 Å². The zero-order valence-electron chi connectivity index (χ0n) is 12.5. The van der Waals surface area contributed by atoms with E-state index in [9.17, 15) is 4.79 Å². The summed E-state index contributed by atoms with van der Waals surface area (Å²) in [7, 11) is 1.37. The van der Waals surface area contributed by atoms with Gasteiger partial charge in [0.25, 0.3) is 0 Å². The summed E-state index contributed by atoms with van der Waals surface area (Å²) in [6.45, 7) is 2.65. The summed E-state index contributed by atoms with van der Waals surface area (Å²) in [5.41, 5.74) is 3.58. The van der Waals surface area contributed by atoms with Gasteiger partial charge in [-0.25, -0.2) is 4.79 Å². The molecule has 0 fully saturated rings. The maximum absolute atomic E-state index is 11.9. The van der Waals surface area contributed by atoms with Crippen LogP contribution in [0.15, 0.2) is 42.5 Å². The van der Waals surface area contributed by atoms with Gasteiger partial charge in [0.15, 0.2) is 5.69 Å². The molecule has 3 aromatic rings. The van der Waals surface area contributed by atoms with Gasteiger partial charge in [-0.3, -0.25) is 4.68 Å². The minimum Gasteiger partial charge on any atom is -0.464 e. The Morgan fingerprint density at radius 2 is 2.09 bits per heavy atom. The molecule has 0 spiro atoms.